The maximum absolute atomic E-state index is 12.6. The molecule has 0 bridgehead atoms. The SMILES string of the molecule is CCC(CC)NC(=O)COC(=O)c1cccc(S(=O)(=O)Nc2ccc(OC)cc2)c1. The molecule has 2 N–H and O–H groups in total. The molecule has 0 aliphatic heterocycles. The van der Waals surface area contributed by atoms with E-state index in [1.165, 1.54) is 31.4 Å². The van der Waals surface area contributed by atoms with Crippen molar-refractivity contribution in [1.82, 2.24) is 5.32 Å². The number of hydrogen-bond acceptors (Lipinski definition) is 6. The van der Waals surface area contributed by atoms with Gasteiger partial charge in [-0.3, -0.25) is 9.52 Å². The summed E-state index contributed by atoms with van der Waals surface area (Å²) in [5.41, 5.74) is 0.379. The van der Waals surface area contributed by atoms with Crippen molar-refractivity contribution in [3.63, 3.8) is 0 Å². The zero-order valence-electron chi connectivity index (χ0n) is 17.2. The van der Waals surface area contributed by atoms with Crippen LogP contribution >= 0.6 is 0 Å². The number of hydrogen-bond donors (Lipinski definition) is 2. The summed E-state index contributed by atoms with van der Waals surface area (Å²) in [5.74, 6) is -0.589. The Morgan fingerprint density at radius 2 is 1.70 bits per heavy atom. The first-order valence-corrected chi connectivity index (χ1v) is 11.0. The largest absolute Gasteiger partial charge is 0.497 e. The van der Waals surface area contributed by atoms with E-state index in [0.717, 1.165) is 12.8 Å². The average molecular weight is 435 g/mol. The number of carbonyl (C=O) groups excluding carboxylic acids is 2. The van der Waals surface area contributed by atoms with Crippen LogP contribution < -0.4 is 14.8 Å². The van der Waals surface area contributed by atoms with Crippen LogP contribution in [0.1, 0.15) is 37.0 Å². The molecule has 0 aromatic heterocycles. The number of carbonyl (C=O) groups is 2. The smallest absolute Gasteiger partial charge is 0.338 e. The molecule has 0 atom stereocenters. The van der Waals surface area contributed by atoms with Gasteiger partial charge < -0.3 is 14.8 Å². The molecule has 9 heteroatoms. The fourth-order valence-electron chi connectivity index (χ4n) is 2.64. The Labute approximate surface area is 176 Å². The van der Waals surface area contributed by atoms with E-state index in [2.05, 4.69) is 10.0 Å². The standard InChI is InChI=1S/C21H26N2O6S/c1-4-16(5-2)22-20(24)14-29-21(25)15-7-6-8-19(13-15)30(26,27)23-17-9-11-18(28-3)12-10-17/h6-13,16,23H,4-5,14H2,1-3H3,(H,22,24). The van der Waals surface area contributed by atoms with Crippen molar-refractivity contribution in [3.8, 4) is 5.75 Å². The summed E-state index contributed by atoms with van der Waals surface area (Å²) in [6.07, 6.45) is 1.55. The Kier molecular flexibility index (Phi) is 8.23. The lowest BCUT2D eigenvalue weighted by Crippen LogP contribution is -2.36. The highest BCUT2D eigenvalue weighted by atomic mass is 32.2. The molecular weight excluding hydrogens is 408 g/mol. The van der Waals surface area contributed by atoms with Crippen molar-refractivity contribution in [2.45, 2.75) is 37.6 Å². The second-order valence-corrected chi connectivity index (χ2v) is 8.20. The van der Waals surface area contributed by atoms with E-state index in [-0.39, 0.29) is 16.5 Å². The summed E-state index contributed by atoms with van der Waals surface area (Å²) >= 11 is 0. The summed E-state index contributed by atoms with van der Waals surface area (Å²) < 4.78 is 37.7. The number of sulfonamides is 1. The van der Waals surface area contributed by atoms with Crippen LogP contribution in [0.15, 0.2) is 53.4 Å². The third kappa shape index (κ3) is 6.48. The van der Waals surface area contributed by atoms with Gasteiger partial charge in [-0.15, -0.1) is 0 Å². The Bertz CT molecular complexity index is 969. The molecule has 2 rings (SSSR count). The molecule has 0 heterocycles. The quantitative estimate of drug-likeness (QED) is 0.556. The number of methoxy groups -OCH3 is 1. The van der Waals surface area contributed by atoms with Crippen molar-refractivity contribution in [1.29, 1.82) is 0 Å². The molecule has 8 nitrogen and oxygen atoms in total. The van der Waals surface area contributed by atoms with Crippen LogP contribution in [0.3, 0.4) is 0 Å². The van der Waals surface area contributed by atoms with Crippen molar-refractivity contribution in [3.05, 3.63) is 54.1 Å². The van der Waals surface area contributed by atoms with Gasteiger partial charge >= 0.3 is 5.97 Å². The van der Waals surface area contributed by atoms with Crippen molar-refractivity contribution < 1.29 is 27.5 Å². The van der Waals surface area contributed by atoms with Crippen LogP contribution in [0, 0.1) is 0 Å². The minimum atomic E-state index is -3.92. The zero-order chi connectivity index (χ0) is 22.1. The van der Waals surface area contributed by atoms with Crippen molar-refractivity contribution >= 4 is 27.6 Å². The summed E-state index contributed by atoms with van der Waals surface area (Å²) in [6.45, 7) is 3.47. The molecule has 2 aromatic rings. The average Bonchev–Trinajstić information content (AvgIpc) is 2.76. The molecule has 0 spiro atoms. The molecule has 0 fully saturated rings. The van der Waals surface area contributed by atoms with Gasteiger partial charge in [-0.1, -0.05) is 19.9 Å². The van der Waals surface area contributed by atoms with Crippen LogP contribution in [0.25, 0.3) is 0 Å². The lowest BCUT2D eigenvalue weighted by atomic mass is 10.2. The maximum Gasteiger partial charge on any atom is 0.338 e. The summed E-state index contributed by atoms with van der Waals surface area (Å²) in [4.78, 5) is 24.0. The third-order valence-electron chi connectivity index (χ3n) is 4.41. The van der Waals surface area contributed by atoms with Crippen LogP contribution in [0.5, 0.6) is 5.75 Å². The highest BCUT2D eigenvalue weighted by Crippen LogP contribution is 2.20. The molecule has 0 aliphatic rings. The fourth-order valence-corrected chi connectivity index (χ4v) is 3.74. The first-order chi connectivity index (χ1) is 14.3. The molecule has 30 heavy (non-hydrogen) atoms. The molecule has 0 aliphatic carbocycles. The molecule has 0 saturated carbocycles. The van der Waals surface area contributed by atoms with Gasteiger partial charge in [0.25, 0.3) is 15.9 Å². The van der Waals surface area contributed by atoms with E-state index >= 15 is 0 Å². The number of ether oxygens (including phenoxy) is 2. The van der Waals surface area contributed by atoms with Crippen molar-refractivity contribution in [2.24, 2.45) is 0 Å². The number of anilines is 1. The predicted molar refractivity (Wildman–Crippen MR) is 113 cm³/mol. The number of nitrogens with one attached hydrogen (secondary N) is 2. The van der Waals surface area contributed by atoms with Crippen LogP contribution in [0.4, 0.5) is 5.69 Å². The van der Waals surface area contributed by atoms with E-state index in [1.807, 2.05) is 13.8 Å². The fraction of sp³-hybridized carbons (Fsp3) is 0.333. The Morgan fingerprint density at radius 3 is 2.30 bits per heavy atom. The van der Waals surface area contributed by atoms with Gasteiger partial charge in [0.2, 0.25) is 0 Å². The first-order valence-electron chi connectivity index (χ1n) is 9.52. The number of rotatable bonds is 10. The van der Waals surface area contributed by atoms with Crippen LogP contribution in [0.2, 0.25) is 0 Å². The predicted octanol–water partition coefficient (Wildman–Crippen LogP) is 2.96. The third-order valence-corrected chi connectivity index (χ3v) is 5.79. The van der Waals surface area contributed by atoms with Gasteiger partial charge in [0.15, 0.2) is 6.61 Å². The minimum Gasteiger partial charge on any atom is -0.497 e. The Morgan fingerprint density at radius 1 is 1.03 bits per heavy atom. The molecule has 2 aromatic carbocycles. The van der Waals surface area contributed by atoms with Gasteiger partial charge in [-0.2, -0.15) is 0 Å². The van der Waals surface area contributed by atoms with Gasteiger partial charge in [0, 0.05) is 11.7 Å². The molecule has 162 valence electrons. The molecular formula is C21H26N2O6S. The number of amides is 1. The number of benzene rings is 2. The van der Waals surface area contributed by atoms with E-state index in [1.54, 1.807) is 24.3 Å². The van der Waals surface area contributed by atoms with Crippen LogP contribution in [-0.2, 0) is 19.6 Å². The second kappa shape index (κ2) is 10.6. The summed E-state index contributed by atoms with van der Waals surface area (Å²) in [5, 5.41) is 2.76. The highest BCUT2D eigenvalue weighted by molar-refractivity contribution is 7.92. The number of esters is 1. The minimum absolute atomic E-state index is 0.0219. The lowest BCUT2D eigenvalue weighted by molar-refractivity contribution is -0.125. The zero-order valence-corrected chi connectivity index (χ0v) is 18.0. The van der Waals surface area contributed by atoms with E-state index in [4.69, 9.17) is 9.47 Å². The molecule has 0 radical (unpaired) electrons. The molecule has 1 amide bonds. The van der Waals surface area contributed by atoms with E-state index in [9.17, 15) is 18.0 Å². The van der Waals surface area contributed by atoms with Crippen LogP contribution in [-0.4, -0.2) is 40.1 Å². The molecule has 0 saturated heterocycles. The first kappa shape index (κ1) is 23.2. The molecule has 0 unspecified atom stereocenters. The van der Waals surface area contributed by atoms with Gasteiger partial charge in [-0.05, 0) is 55.3 Å². The second-order valence-electron chi connectivity index (χ2n) is 6.52. The van der Waals surface area contributed by atoms with Gasteiger partial charge in [0.05, 0.1) is 17.6 Å². The highest BCUT2D eigenvalue weighted by Gasteiger charge is 2.18. The summed E-state index contributed by atoms with van der Waals surface area (Å²) in [6, 6.07) is 11.8. The topological polar surface area (TPSA) is 111 Å². The van der Waals surface area contributed by atoms with Gasteiger partial charge in [0.1, 0.15) is 5.75 Å². The normalized spacial score (nSPS) is 11.1. The Balaban J connectivity index is 2.05. The van der Waals surface area contributed by atoms with Crippen molar-refractivity contribution in [2.75, 3.05) is 18.4 Å². The van der Waals surface area contributed by atoms with E-state index < -0.39 is 28.5 Å². The lowest BCUT2D eigenvalue weighted by Gasteiger charge is -2.14. The maximum atomic E-state index is 12.6. The Hall–Kier alpha value is -3.07. The monoisotopic (exact) mass is 434 g/mol. The van der Waals surface area contributed by atoms with Gasteiger partial charge in [-0.25, -0.2) is 13.2 Å². The summed E-state index contributed by atoms with van der Waals surface area (Å²) in [7, 11) is -2.41. The van der Waals surface area contributed by atoms with E-state index in [0.29, 0.717) is 11.4 Å².